The molecule has 0 heterocycles. The van der Waals surface area contributed by atoms with Crippen LogP contribution in [0.2, 0.25) is 0 Å². The Hall–Kier alpha value is -4.26. The van der Waals surface area contributed by atoms with Crippen LogP contribution in [0.3, 0.4) is 0 Å². The number of hydrogen-bond donors (Lipinski definition) is 0. The second-order valence-corrected chi connectivity index (χ2v) is 18.1. The summed E-state index contributed by atoms with van der Waals surface area (Å²) in [5.74, 6) is 6.58. The van der Waals surface area contributed by atoms with Crippen LogP contribution in [0.5, 0.6) is 23.0 Å². The SMILES string of the molecule is COc1ccc(C(=O)Oc2ccc(OCc3ccc(OC(=O)OC4CCC5(C)C(=CCC6C5CCC5(C)C(C(C)CCCC(C)C)CCC65)C4)cc3)cc2)cc1. The topological polar surface area (TPSA) is 80.3 Å². The average Bonchev–Trinajstić information content (AvgIpc) is 3.55. The number of rotatable bonds is 13. The van der Waals surface area contributed by atoms with Crippen LogP contribution in [0.1, 0.15) is 121 Å². The minimum atomic E-state index is -0.641. The third-order valence-electron chi connectivity index (χ3n) is 14.4. The summed E-state index contributed by atoms with van der Waals surface area (Å²) < 4.78 is 28.1. The molecule has 7 heteroatoms. The number of benzene rings is 3. The van der Waals surface area contributed by atoms with Gasteiger partial charge in [-0.25, -0.2) is 9.59 Å². The van der Waals surface area contributed by atoms with E-state index in [0.717, 1.165) is 60.3 Å². The molecular weight excluding hydrogens is 701 g/mol. The molecule has 0 spiro atoms. The normalized spacial score (nSPS) is 28.6. The minimum Gasteiger partial charge on any atom is -0.497 e. The maximum atomic E-state index is 13.0. The quantitative estimate of drug-likeness (QED) is 0.0742. The van der Waals surface area contributed by atoms with Crippen LogP contribution in [-0.2, 0) is 11.3 Å². The highest BCUT2D eigenvalue weighted by molar-refractivity contribution is 5.91. The van der Waals surface area contributed by atoms with Gasteiger partial charge < -0.3 is 23.7 Å². The molecule has 0 bridgehead atoms. The fourth-order valence-corrected chi connectivity index (χ4v) is 11.3. The Labute approximate surface area is 334 Å². The molecular formula is C49H62O7. The van der Waals surface area contributed by atoms with Crippen LogP contribution in [0.4, 0.5) is 4.79 Å². The van der Waals surface area contributed by atoms with Gasteiger partial charge in [0, 0.05) is 6.42 Å². The standard InChI is InChI=1S/C49H62O7/c1-32(2)8-7-9-33(3)43-24-25-44-42-23-14-36-30-41(26-28-48(36,4)45(42)27-29-49(43,44)5)56-47(51)55-40-15-10-34(11-16-40)31-53-38-19-21-39(22-20-38)54-46(50)35-12-17-37(52-6)18-13-35/h10-22,32-33,41-45H,7-9,23-31H2,1-6H3. The molecule has 0 aliphatic heterocycles. The van der Waals surface area contributed by atoms with E-state index >= 15 is 0 Å². The van der Waals surface area contributed by atoms with Crippen molar-refractivity contribution in [1.29, 1.82) is 0 Å². The summed E-state index contributed by atoms with van der Waals surface area (Å²) in [7, 11) is 1.58. The van der Waals surface area contributed by atoms with Crippen molar-refractivity contribution in [3.05, 3.63) is 95.6 Å². The molecule has 0 saturated heterocycles. The van der Waals surface area contributed by atoms with Crippen molar-refractivity contribution in [2.75, 3.05) is 7.11 Å². The molecule has 56 heavy (non-hydrogen) atoms. The van der Waals surface area contributed by atoms with Crippen molar-refractivity contribution < 1.29 is 33.3 Å². The number of hydrogen-bond acceptors (Lipinski definition) is 7. The maximum absolute atomic E-state index is 13.0. The predicted octanol–water partition coefficient (Wildman–Crippen LogP) is 12.4. The maximum Gasteiger partial charge on any atom is 0.514 e. The van der Waals surface area contributed by atoms with Gasteiger partial charge in [-0.3, -0.25) is 0 Å². The van der Waals surface area contributed by atoms with Crippen molar-refractivity contribution in [2.45, 2.75) is 118 Å². The highest BCUT2D eigenvalue weighted by atomic mass is 16.7. The summed E-state index contributed by atoms with van der Waals surface area (Å²) in [5.41, 5.74) is 3.56. The lowest BCUT2D eigenvalue weighted by Crippen LogP contribution is -2.51. The fraction of sp³-hybridized carbons (Fsp3) is 0.551. The van der Waals surface area contributed by atoms with Gasteiger partial charge in [0.1, 0.15) is 35.7 Å². The lowest BCUT2D eigenvalue weighted by atomic mass is 9.47. The Kier molecular flexibility index (Phi) is 12.2. The highest BCUT2D eigenvalue weighted by Crippen LogP contribution is 2.67. The van der Waals surface area contributed by atoms with Crippen molar-refractivity contribution in [2.24, 2.45) is 46.3 Å². The first-order chi connectivity index (χ1) is 26.9. The largest absolute Gasteiger partial charge is 0.514 e. The zero-order valence-corrected chi connectivity index (χ0v) is 34.4. The van der Waals surface area contributed by atoms with Gasteiger partial charge >= 0.3 is 12.1 Å². The molecule has 3 fully saturated rings. The van der Waals surface area contributed by atoms with E-state index < -0.39 is 12.1 Å². The molecule has 7 rings (SSSR count). The van der Waals surface area contributed by atoms with Gasteiger partial charge in [-0.05, 0) is 158 Å². The smallest absolute Gasteiger partial charge is 0.497 e. The Morgan fingerprint density at radius 1 is 0.750 bits per heavy atom. The minimum absolute atomic E-state index is 0.153. The summed E-state index contributed by atoms with van der Waals surface area (Å²) in [6, 6.07) is 20.9. The Morgan fingerprint density at radius 3 is 2.14 bits per heavy atom. The molecule has 300 valence electrons. The Bertz CT molecular complexity index is 1830. The lowest BCUT2D eigenvalue weighted by Gasteiger charge is -2.58. The molecule has 0 amide bonds. The van der Waals surface area contributed by atoms with Crippen molar-refractivity contribution in [1.82, 2.24) is 0 Å². The van der Waals surface area contributed by atoms with E-state index in [1.54, 1.807) is 67.8 Å². The molecule has 8 unspecified atom stereocenters. The van der Waals surface area contributed by atoms with E-state index in [1.807, 2.05) is 12.1 Å². The van der Waals surface area contributed by atoms with E-state index in [2.05, 4.69) is 40.7 Å². The Balaban J connectivity index is 0.862. The van der Waals surface area contributed by atoms with Gasteiger partial charge in [0.25, 0.3) is 0 Å². The lowest BCUT2D eigenvalue weighted by molar-refractivity contribution is -0.0597. The number of carbonyl (C=O) groups is 2. The molecule has 8 atom stereocenters. The number of fused-ring (bicyclic) bond motifs is 5. The summed E-state index contributed by atoms with van der Waals surface area (Å²) >= 11 is 0. The average molecular weight is 763 g/mol. The highest BCUT2D eigenvalue weighted by Gasteiger charge is 2.59. The molecule has 3 aromatic rings. The first-order valence-electron chi connectivity index (χ1n) is 21.2. The van der Waals surface area contributed by atoms with Gasteiger partial charge in [-0.1, -0.05) is 77.7 Å². The molecule has 7 nitrogen and oxygen atoms in total. The van der Waals surface area contributed by atoms with Crippen LogP contribution in [0.25, 0.3) is 0 Å². The second-order valence-electron chi connectivity index (χ2n) is 18.1. The van der Waals surface area contributed by atoms with E-state index in [1.165, 1.54) is 56.9 Å². The summed E-state index contributed by atoms with van der Waals surface area (Å²) in [4.78, 5) is 25.4. The van der Waals surface area contributed by atoms with Gasteiger partial charge in [0.05, 0.1) is 12.7 Å². The monoisotopic (exact) mass is 762 g/mol. The van der Waals surface area contributed by atoms with Gasteiger partial charge in [0.2, 0.25) is 0 Å². The summed E-state index contributed by atoms with van der Waals surface area (Å²) in [6.45, 7) is 12.8. The molecule has 3 aromatic carbocycles. The third kappa shape index (κ3) is 8.67. The Morgan fingerprint density at radius 2 is 1.43 bits per heavy atom. The zero-order valence-electron chi connectivity index (χ0n) is 34.4. The van der Waals surface area contributed by atoms with Crippen LogP contribution in [0, 0.1) is 46.3 Å². The first kappa shape index (κ1) is 40.0. The van der Waals surface area contributed by atoms with E-state index in [-0.39, 0.29) is 11.5 Å². The van der Waals surface area contributed by atoms with Crippen LogP contribution in [0.15, 0.2) is 84.4 Å². The zero-order chi connectivity index (χ0) is 39.5. The number of methoxy groups -OCH3 is 1. The molecule has 0 aromatic heterocycles. The fourth-order valence-electron chi connectivity index (χ4n) is 11.3. The van der Waals surface area contributed by atoms with E-state index in [0.29, 0.717) is 40.6 Å². The molecule has 0 radical (unpaired) electrons. The predicted molar refractivity (Wildman–Crippen MR) is 219 cm³/mol. The summed E-state index contributed by atoms with van der Waals surface area (Å²) in [6.07, 6.45) is 15.4. The van der Waals surface area contributed by atoms with Crippen LogP contribution < -0.4 is 18.9 Å². The molecule has 3 saturated carbocycles. The third-order valence-corrected chi connectivity index (χ3v) is 14.4. The van der Waals surface area contributed by atoms with Gasteiger partial charge in [0.15, 0.2) is 0 Å². The second kappa shape index (κ2) is 17.1. The summed E-state index contributed by atoms with van der Waals surface area (Å²) in [5, 5.41) is 0. The number of allylic oxidation sites excluding steroid dienone is 1. The van der Waals surface area contributed by atoms with E-state index in [4.69, 9.17) is 23.7 Å². The first-order valence-corrected chi connectivity index (χ1v) is 21.2. The number of ether oxygens (including phenoxy) is 5. The van der Waals surface area contributed by atoms with Crippen molar-refractivity contribution >= 4 is 12.1 Å². The van der Waals surface area contributed by atoms with Crippen molar-refractivity contribution in [3.63, 3.8) is 0 Å². The molecule has 0 N–H and O–H groups in total. The van der Waals surface area contributed by atoms with E-state index in [9.17, 15) is 9.59 Å². The van der Waals surface area contributed by atoms with Crippen LogP contribution >= 0.6 is 0 Å². The molecule has 4 aliphatic carbocycles. The van der Waals surface area contributed by atoms with Crippen molar-refractivity contribution in [3.8, 4) is 23.0 Å². The van der Waals surface area contributed by atoms with Crippen LogP contribution in [-0.4, -0.2) is 25.3 Å². The number of esters is 1. The number of carbonyl (C=O) groups excluding carboxylic acids is 2. The van der Waals surface area contributed by atoms with Gasteiger partial charge in [-0.15, -0.1) is 0 Å². The van der Waals surface area contributed by atoms with Gasteiger partial charge in [-0.2, -0.15) is 0 Å². The molecule has 4 aliphatic rings.